The second-order valence-corrected chi connectivity index (χ2v) is 4.69. The molecule has 0 aromatic carbocycles. The maximum atomic E-state index is 4.25. The molecule has 0 radical (unpaired) electrons. The fraction of sp³-hybridized carbons (Fsp3) is 0.500. The van der Waals surface area contributed by atoms with E-state index in [4.69, 9.17) is 0 Å². The van der Waals surface area contributed by atoms with Gasteiger partial charge in [0.25, 0.3) is 0 Å². The summed E-state index contributed by atoms with van der Waals surface area (Å²) in [4.78, 5) is 4.25. The molecule has 3 heteroatoms. The van der Waals surface area contributed by atoms with Gasteiger partial charge < -0.3 is 5.32 Å². The number of nitrogens with one attached hydrogen (secondary N) is 1. The van der Waals surface area contributed by atoms with Crippen LogP contribution in [0.4, 0.5) is 5.82 Å². The SMILES string of the molecule is CNc1ncccc1CSC(C)C. The Hall–Kier alpha value is -0.700. The van der Waals surface area contributed by atoms with Crippen LogP contribution in [0, 0.1) is 0 Å². The van der Waals surface area contributed by atoms with Crippen LogP contribution in [-0.2, 0) is 5.75 Å². The Morgan fingerprint density at radius 1 is 1.54 bits per heavy atom. The lowest BCUT2D eigenvalue weighted by Gasteiger charge is -2.08. The van der Waals surface area contributed by atoms with Crippen LogP contribution >= 0.6 is 11.8 Å². The maximum absolute atomic E-state index is 4.25. The highest BCUT2D eigenvalue weighted by atomic mass is 32.2. The van der Waals surface area contributed by atoms with Crippen LogP contribution in [0.2, 0.25) is 0 Å². The van der Waals surface area contributed by atoms with Crippen LogP contribution in [0.5, 0.6) is 0 Å². The van der Waals surface area contributed by atoms with Crippen LogP contribution in [0.25, 0.3) is 0 Å². The van der Waals surface area contributed by atoms with Gasteiger partial charge in [0.05, 0.1) is 0 Å². The Morgan fingerprint density at radius 2 is 2.31 bits per heavy atom. The van der Waals surface area contributed by atoms with Crippen molar-refractivity contribution in [2.45, 2.75) is 24.9 Å². The van der Waals surface area contributed by atoms with Crippen molar-refractivity contribution in [2.24, 2.45) is 0 Å². The number of hydrogen-bond acceptors (Lipinski definition) is 3. The quantitative estimate of drug-likeness (QED) is 0.801. The lowest BCUT2D eigenvalue weighted by molar-refractivity contribution is 1.10. The lowest BCUT2D eigenvalue weighted by Crippen LogP contribution is -1.98. The van der Waals surface area contributed by atoms with Gasteiger partial charge in [-0.3, -0.25) is 0 Å². The van der Waals surface area contributed by atoms with Crippen molar-refractivity contribution in [1.29, 1.82) is 0 Å². The van der Waals surface area contributed by atoms with E-state index in [1.54, 1.807) is 0 Å². The minimum absolute atomic E-state index is 0.671. The average Bonchev–Trinajstić information content (AvgIpc) is 2.15. The van der Waals surface area contributed by atoms with Gasteiger partial charge in [0, 0.05) is 24.6 Å². The predicted molar refractivity (Wildman–Crippen MR) is 60.2 cm³/mol. The molecule has 0 fully saturated rings. The molecule has 0 spiro atoms. The van der Waals surface area contributed by atoms with Crippen molar-refractivity contribution in [1.82, 2.24) is 4.98 Å². The van der Waals surface area contributed by atoms with E-state index in [0.29, 0.717) is 5.25 Å². The summed E-state index contributed by atoms with van der Waals surface area (Å²) in [6.07, 6.45) is 1.81. The summed E-state index contributed by atoms with van der Waals surface area (Å²) in [5.41, 5.74) is 1.28. The minimum atomic E-state index is 0.671. The van der Waals surface area contributed by atoms with E-state index in [1.165, 1.54) is 5.56 Å². The van der Waals surface area contributed by atoms with Gasteiger partial charge in [-0.1, -0.05) is 19.9 Å². The molecule has 72 valence electrons. The second-order valence-electron chi connectivity index (χ2n) is 3.12. The van der Waals surface area contributed by atoms with Crippen LogP contribution < -0.4 is 5.32 Å². The molecular weight excluding hydrogens is 180 g/mol. The van der Waals surface area contributed by atoms with Gasteiger partial charge in [-0.05, 0) is 11.3 Å². The van der Waals surface area contributed by atoms with Gasteiger partial charge in [-0.2, -0.15) is 11.8 Å². The summed E-state index contributed by atoms with van der Waals surface area (Å²) >= 11 is 1.93. The van der Waals surface area contributed by atoms with E-state index in [9.17, 15) is 0 Å². The number of pyridine rings is 1. The Morgan fingerprint density at radius 3 is 2.92 bits per heavy atom. The van der Waals surface area contributed by atoms with E-state index >= 15 is 0 Å². The fourth-order valence-electron chi connectivity index (χ4n) is 1.04. The zero-order valence-electron chi connectivity index (χ0n) is 8.37. The smallest absolute Gasteiger partial charge is 0.129 e. The molecule has 0 aliphatic carbocycles. The van der Waals surface area contributed by atoms with Crippen molar-refractivity contribution in [2.75, 3.05) is 12.4 Å². The van der Waals surface area contributed by atoms with Gasteiger partial charge in [-0.15, -0.1) is 0 Å². The largest absolute Gasteiger partial charge is 0.373 e. The minimum Gasteiger partial charge on any atom is -0.373 e. The molecule has 2 nitrogen and oxygen atoms in total. The van der Waals surface area contributed by atoms with E-state index in [1.807, 2.05) is 31.1 Å². The summed E-state index contributed by atoms with van der Waals surface area (Å²) in [5, 5.41) is 3.77. The van der Waals surface area contributed by atoms with Crippen molar-refractivity contribution in [3.63, 3.8) is 0 Å². The molecule has 0 amide bonds. The van der Waals surface area contributed by atoms with Crippen LogP contribution in [0.3, 0.4) is 0 Å². The first-order chi connectivity index (χ1) is 6.24. The third-order valence-electron chi connectivity index (χ3n) is 1.70. The standard InChI is InChI=1S/C10H16N2S/c1-8(2)13-7-9-5-4-6-12-10(9)11-3/h4-6,8H,7H2,1-3H3,(H,11,12). The predicted octanol–water partition coefficient (Wildman–Crippen LogP) is 2.76. The molecule has 0 aliphatic rings. The molecule has 0 bridgehead atoms. The van der Waals surface area contributed by atoms with Crippen LogP contribution in [0.1, 0.15) is 19.4 Å². The molecule has 0 unspecified atom stereocenters. The summed E-state index contributed by atoms with van der Waals surface area (Å²) in [6, 6.07) is 4.10. The monoisotopic (exact) mass is 196 g/mol. The first-order valence-electron chi connectivity index (χ1n) is 4.47. The van der Waals surface area contributed by atoms with E-state index < -0.39 is 0 Å². The number of anilines is 1. The van der Waals surface area contributed by atoms with E-state index in [-0.39, 0.29) is 0 Å². The molecule has 0 atom stereocenters. The first-order valence-corrected chi connectivity index (χ1v) is 5.52. The Kier molecular flexibility index (Phi) is 4.09. The van der Waals surface area contributed by atoms with Crippen molar-refractivity contribution in [3.8, 4) is 0 Å². The summed E-state index contributed by atoms with van der Waals surface area (Å²) < 4.78 is 0. The summed E-state index contributed by atoms with van der Waals surface area (Å²) in [6.45, 7) is 4.42. The molecule has 0 saturated heterocycles. The Balaban J connectivity index is 2.64. The summed E-state index contributed by atoms with van der Waals surface area (Å²) in [5.74, 6) is 2.03. The third kappa shape index (κ3) is 3.27. The Bertz CT molecular complexity index is 261. The third-order valence-corrected chi connectivity index (χ3v) is 2.84. The molecule has 0 aliphatic heterocycles. The fourth-order valence-corrected chi connectivity index (χ4v) is 1.78. The van der Waals surface area contributed by atoms with Gasteiger partial charge in [0.2, 0.25) is 0 Å². The highest BCUT2D eigenvalue weighted by molar-refractivity contribution is 7.99. The summed E-state index contributed by atoms with van der Waals surface area (Å²) in [7, 11) is 1.91. The number of aromatic nitrogens is 1. The molecule has 1 heterocycles. The number of rotatable bonds is 4. The van der Waals surface area contributed by atoms with Gasteiger partial charge in [0.15, 0.2) is 0 Å². The lowest BCUT2D eigenvalue weighted by atomic mass is 10.3. The van der Waals surface area contributed by atoms with Crippen molar-refractivity contribution in [3.05, 3.63) is 23.9 Å². The zero-order chi connectivity index (χ0) is 9.68. The highest BCUT2D eigenvalue weighted by Crippen LogP contribution is 2.21. The zero-order valence-corrected chi connectivity index (χ0v) is 9.19. The van der Waals surface area contributed by atoms with Gasteiger partial charge in [0.1, 0.15) is 5.82 Å². The van der Waals surface area contributed by atoms with Crippen molar-refractivity contribution >= 4 is 17.6 Å². The van der Waals surface area contributed by atoms with Gasteiger partial charge >= 0.3 is 0 Å². The molecule has 1 rings (SSSR count). The molecule has 13 heavy (non-hydrogen) atoms. The molecule has 0 saturated carbocycles. The maximum Gasteiger partial charge on any atom is 0.129 e. The molecular formula is C10H16N2S. The van der Waals surface area contributed by atoms with Crippen LogP contribution in [-0.4, -0.2) is 17.3 Å². The second kappa shape index (κ2) is 5.12. The molecule has 1 aromatic rings. The van der Waals surface area contributed by atoms with E-state index in [0.717, 1.165) is 11.6 Å². The average molecular weight is 196 g/mol. The normalized spacial score (nSPS) is 10.5. The number of nitrogens with zero attached hydrogens (tertiary/aromatic N) is 1. The van der Waals surface area contributed by atoms with Crippen LogP contribution in [0.15, 0.2) is 18.3 Å². The first kappa shape index (κ1) is 10.4. The van der Waals surface area contributed by atoms with Crippen molar-refractivity contribution < 1.29 is 0 Å². The highest BCUT2D eigenvalue weighted by Gasteiger charge is 2.02. The molecule has 1 aromatic heterocycles. The van der Waals surface area contributed by atoms with E-state index in [2.05, 4.69) is 30.2 Å². The number of hydrogen-bond donors (Lipinski definition) is 1. The van der Waals surface area contributed by atoms with Gasteiger partial charge in [-0.25, -0.2) is 4.98 Å². The Labute approximate surface area is 84.1 Å². The topological polar surface area (TPSA) is 24.9 Å². The molecule has 1 N–H and O–H groups in total. The number of thioether (sulfide) groups is 1.